The van der Waals surface area contributed by atoms with Gasteiger partial charge < -0.3 is 5.73 Å². The number of benzene rings is 1. The van der Waals surface area contributed by atoms with Gasteiger partial charge in [0, 0.05) is 17.0 Å². The molecule has 0 saturated heterocycles. The largest absolute Gasteiger partial charge is 0.398 e. The van der Waals surface area contributed by atoms with E-state index in [0.717, 1.165) is 23.3 Å². The summed E-state index contributed by atoms with van der Waals surface area (Å²) in [5, 5.41) is 0. The van der Waals surface area contributed by atoms with Crippen molar-refractivity contribution in [2.24, 2.45) is 0 Å². The van der Waals surface area contributed by atoms with Gasteiger partial charge in [0.25, 0.3) is 0 Å². The monoisotopic (exact) mass is 177 g/mol. The number of nitrogen functional groups attached to an aromatic ring is 1. The van der Waals surface area contributed by atoms with Gasteiger partial charge >= 0.3 is 0 Å². The van der Waals surface area contributed by atoms with Crippen LogP contribution in [0.2, 0.25) is 0 Å². The molecule has 0 spiro atoms. The van der Waals surface area contributed by atoms with E-state index in [4.69, 9.17) is 12.2 Å². The van der Waals surface area contributed by atoms with Gasteiger partial charge in [-0.3, -0.25) is 0 Å². The van der Waals surface area contributed by atoms with Gasteiger partial charge in [-0.15, -0.1) is 25.0 Å². The van der Waals surface area contributed by atoms with Gasteiger partial charge in [-0.25, -0.2) is 0 Å². The van der Waals surface area contributed by atoms with Crippen molar-refractivity contribution in [3.63, 3.8) is 0 Å². The van der Waals surface area contributed by atoms with E-state index in [0.29, 0.717) is 5.69 Å². The van der Waals surface area contributed by atoms with E-state index in [1.54, 1.807) is 0 Å². The number of thiol groups is 1. The molecule has 0 amide bonds. The highest BCUT2D eigenvalue weighted by atomic mass is 32.1. The molecule has 0 bridgehead atoms. The minimum absolute atomic E-state index is 0.716. The van der Waals surface area contributed by atoms with Gasteiger partial charge in [0.15, 0.2) is 0 Å². The van der Waals surface area contributed by atoms with Crippen LogP contribution in [0.15, 0.2) is 23.1 Å². The standard InChI is InChI=1S/C10H11NS/c1-2-3-5-8-6-4-7-9(11)10(8)12/h1,4,6-7,12H,3,5,11H2. The Bertz CT molecular complexity index is 312. The van der Waals surface area contributed by atoms with Crippen molar-refractivity contribution in [1.29, 1.82) is 0 Å². The first-order valence-electron chi connectivity index (χ1n) is 3.75. The number of hydrogen-bond acceptors (Lipinski definition) is 2. The third-order valence-electron chi connectivity index (χ3n) is 1.69. The normalized spacial score (nSPS) is 9.33. The molecule has 62 valence electrons. The minimum Gasteiger partial charge on any atom is -0.398 e. The first-order valence-corrected chi connectivity index (χ1v) is 4.20. The minimum atomic E-state index is 0.716. The number of terminal acetylenes is 1. The molecule has 0 aromatic heterocycles. The number of hydrogen-bond donors (Lipinski definition) is 2. The molecule has 0 unspecified atom stereocenters. The number of aryl methyl sites for hydroxylation is 1. The number of rotatable bonds is 2. The molecule has 2 N–H and O–H groups in total. The Hall–Kier alpha value is -1.07. The fourth-order valence-corrected chi connectivity index (χ4v) is 1.28. The van der Waals surface area contributed by atoms with Crippen LogP contribution in [0.4, 0.5) is 5.69 Å². The molecule has 0 aliphatic rings. The maximum absolute atomic E-state index is 5.66. The lowest BCUT2D eigenvalue weighted by Gasteiger charge is -2.04. The fraction of sp³-hybridized carbons (Fsp3) is 0.200. The van der Waals surface area contributed by atoms with E-state index in [2.05, 4.69) is 18.5 Å². The van der Waals surface area contributed by atoms with Crippen molar-refractivity contribution in [2.45, 2.75) is 17.7 Å². The Morgan fingerprint density at radius 2 is 2.25 bits per heavy atom. The smallest absolute Gasteiger partial charge is 0.0452 e. The second-order valence-corrected chi connectivity index (χ2v) is 3.01. The average Bonchev–Trinajstić information content (AvgIpc) is 2.08. The van der Waals surface area contributed by atoms with Crippen LogP contribution in [-0.4, -0.2) is 0 Å². The van der Waals surface area contributed by atoms with Crippen LogP contribution in [0, 0.1) is 12.3 Å². The second-order valence-electron chi connectivity index (χ2n) is 2.56. The first kappa shape index (κ1) is 9.02. The van der Waals surface area contributed by atoms with E-state index in [1.807, 2.05) is 18.2 Å². The molecule has 1 rings (SSSR count). The highest BCUT2D eigenvalue weighted by molar-refractivity contribution is 7.80. The van der Waals surface area contributed by atoms with Gasteiger partial charge in [-0.1, -0.05) is 12.1 Å². The summed E-state index contributed by atoms with van der Waals surface area (Å²) < 4.78 is 0. The first-order chi connectivity index (χ1) is 5.75. The van der Waals surface area contributed by atoms with Crippen molar-refractivity contribution in [1.82, 2.24) is 0 Å². The van der Waals surface area contributed by atoms with Crippen LogP contribution in [0.1, 0.15) is 12.0 Å². The van der Waals surface area contributed by atoms with Gasteiger partial charge in [0.1, 0.15) is 0 Å². The summed E-state index contributed by atoms with van der Waals surface area (Å²) in [6.07, 6.45) is 6.74. The predicted octanol–water partition coefficient (Wildman–Crippen LogP) is 2.12. The Morgan fingerprint density at radius 1 is 1.50 bits per heavy atom. The molecule has 1 nitrogen and oxygen atoms in total. The van der Waals surface area contributed by atoms with Crippen molar-refractivity contribution < 1.29 is 0 Å². The van der Waals surface area contributed by atoms with Crippen LogP contribution in [0.25, 0.3) is 0 Å². The highest BCUT2D eigenvalue weighted by Gasteiger charge is 1.99. The summed E-state index contributed by atoms with van der Waals surface area (Å²) in [6.45, 7) is 0. The lowest BCUT2D eigenvalue weighted by molar-refractivity contribution is 0.997. The number of nitrogens with two attached hydrogens (primary N) is 1. The molecule has 0 heterocycles. The average molecular weight is 177 g/mol. The van der Waals surface area contributed by atoms with Crippen LogP contribution >= 0.6 is 12.6 Å². The van der Waals surface area contributed by atoms with Gasteiger partial charge in [-0.2, -0.15) is 0 Å². The van der Waals surface area contributed by atoms with Gasteiger partial charge in [0.2, 0.25) is 0 Å². The third kappa shape index (κ3) is 1.96. The highest BCUT2D eigenvalue weighted by Crippen LogP contribution is 2.21. The van der Waals surface area contributed by atoms with E-state index < -0.39 is 0 Å². The summed E-state index contributed by atoms with van der Waals surface area (Å²) in [4.78, 5) is 0.854. The topological polar surface area (TPSA) is 26.0 Å². The quantitative estimate of drug-likeness (QED) is 0.404. The molecule has 0 aliphatic heterocycles. The van der Waals surface area contributed by atoms with Crippen LogP contribution in [-0.2, 0) is 6.42 Å². The second kappa shape index (κ2) is 4.08. The molecule has 0 saturated carbocycles. The molecule has 1 aromatic carbocycles. The summed E-state index contributed by atoms with van der Waals surface area (Å²) in [5.74, 6) is 2.59. The van der Waals surface area contributed by atoms with E-state index in [1.165, 1.54) is 0 Å². The van der Waals surface area contributed by atoms with Crippen LogP contribution in [0.5, 0.6) is 0 Å². The van der Waals surface area contributed by atoms with E-state index >= 15 is 0 Å². The summed E-state index contributed by atoms with van der Waals surface area (Å²) >= 11 is 4.29. The molecular formula is C10H11NS. The molecule has 0 fully saturated rings. The van der Waals surface area contributed by atoms with Crippen molar-refractivity contribution in [3.05, 3.63) is 23.8 Å². The van der Waals surface area contributed by atoms with Crippen molar-refractivity contribution in [3.8, 4) is 12.3 Å². The number of anilines is 1. The maximum atomic E-state index is 5.66. The van der Waals surface area contributed by atoms with Crippen LogP contribution < -0.4 is 5.73 Å². The Kier molecular flexibility index (Phi) is 3.07. The maximum Gasteiger partial charge on any atom is 0.0452 e. The lowest BCUT2D eigenvalue weighted by Crippen LogP contribution is -1.92. The summed E-state index contributed by atoms with van der Waals surface area (Å²) in [5.41, 5.74) is 7.50. The molecule has 12 heavy (non-hydrogen) atoms. The molecule has 0 aliphatic carbocycles. The molecule has 0 radical (unpaired) electrons. The molecular weight excluding hydrogens is 166 g/mol. The Morgan fingerprint density at radius 3 is 2.92 bits per heavy atom. The predicted molar refractivity (Wildman–Crippen MR) is 55.3 cm³/mol. The zero-order valence-electron chi connectivity index (χ0n) is 6.75. The fourth-order valence-electron chi connectivity index (χ4n) is 1.02. The van der Waals surface area contributed by atoms with E-state index in [-0.39, 0.29) is 0 Å². The summed E-state index contributed by atoms with van der Waals surface area (Å²) in [6, 6.07) is 5.75. The summed E-state index contributed by atoms with van der Waals surface area (Å²) in [7, 11) is 0. The van der Waals surface area contributed by atoms with Crippen molar-refractivity contribution >= 4 is 18.3 Å². The van der Waals surface area contributed by atoms with Crippen LogP contribution in [0.3, 0.4) is 0 Å². The Labute approximate surface area is 78.4 Å². The van der Waals surface area contributed by atoms with Gasteiger partial charge in [0.05, 0.1) is 0 Å². The van der Waals surface area contributed by atoms with Crippen molar-refractivity contribution in [2.75, 3.05) is 5.73 Å². The SMILES string of the molecule is C#CCCc1cccc(N)c1S. The molecule has 1 aromatic rings. The third-order valence-corrected chi connectivity index (χ3v) is 2.23. The Balaban J connectivity index is 2.86. The lowest BCUT2D eigenvalue weighted by atomic mass is 10.1. The van der Waals surface area contributed by atoms with E-state index in [9.17, 15) is 0 Å². The molecule has 0 atom stereocenters. The zero-order chi connectivity index (χ0) is 8.97. The van der Waals surface area contributed by atoms with Gasteiger partial charge in [-0.05, 0) is 18.1 Å². The molecule has 2 heteroatoms. The zero-order valence-corrected chi connectivity index (χ0v) is 7.64.